The Hall–Kier alpha value is -4.86. The molecule has 2 fully saturated rings. The average Bonchev–Trinajstić information content (AvgIpc) is 3.68. The van der Waals surface area contributed by atoms with Crippen LogP contribution in [0.4, 0.5) is 5.69 Å². The Morgan fingerprint density at radius 3 is 2.02 bits per heavy atom. The summed E-state index contributed by atoms with van der Waals surface area (Å²) in [5.74, 6) is -0.572. The lowest BCUT2D eigenvalue weighted by Gasteiger charge is -2.35. The summed E-state index contributed by atoms with van der Waals surface area (Å²) in [5, 5.41) is 3.31. The monoisotopic (exact) mass is 712 g/mol. The largest absolute Gasteiger partial charge is 0.497 e. The van der Waals surface area contributed by atoms with E-state index < -0.39 is 17.3 Å². The molecule has 2 saturated carbocycles. The summed E-state index contributed by atoms with van der Waals surface area (Å²) in [6.45, 7) is 0.370. The van der Waals surface area contributed by atoms with Crippen LogP contribution in [-0.4, -0.2) is 51.1 Å². The first-order chi connectivity index (χ1) is 25.2. The van der Waals surface area contributed by atoms with E-state index in [4.69, 9.17) is 18.9 Å². The molecule has 0 saturated heterocycles. The van der Waals surface area contributed by atoms with Gasteiger partial charge < -0.3 is 29.2 Å². The molecular weight excluding hydrogens is 660 g/mol. The Bertz CT molecular complexity index is 1630. The molecule has 1 N–H and O–H groups in total. The van der Waals surface area contributed by atoms with Crippen molar-refractivity contribution in [1.29, 1.82) is 0 Å². The molecular formula is C42H52N2O8. The van der Waals surface area contributed by atoms with Gasteiger partial charge in [0.15, 0.2) is 0 Å². The smallest absolute Gasteiger partial charge is 0.309 e. The number of esters is 2. The third-order valence-electron chi connectivity index (χ3n) is 10.7. The number of nitrogens with zero attached hydrogens (tertiary/aromatic N) is 1. The van der Waals surface area contributed by atoms with Crippen molar-refractivity contribution in [1.82, 2.24) is 5.32 Å². The van der Waals surface area contributed by atoms with Crippen molar-refractivity contribution in [2.45, 2.75) is 89.9 Å². The van der Waals surface area contributed by atoms with E-state index in [0.717, 1.165) is 24.0 Å². The minimum atomic E-state index is -0.740. The molecule has 10 nitrogen and oxygen atoms in total. The van der Waals surface area contributed by atoms with E-state index in [2.05, 4.69) is 5.32 Å². The molecule has 0 heterocycles. The lowest BCUT2D eigenvalue weighted by Crippen LogP contribution is -2.47. The molecule has 10 heteroatoms. The zero-order valence-corrected chi connectivity index (χ0v) is 30.6. The molecule has 1 atom stereocenters. The van der Waals surface area contributed by atoms with Crippen molar-refractivity contribution in [3.63, 3.8) is 0 Å². The number of anilines is 1. The van der Waals surface area contributed by atoms with E-state index in [1.54, 1.807) is 32.4 Å². The third-order valence-corrected chi connectivity index (χ3v) is 10.7. The highest BCUT2D eigenvalue weighted by molar-refractivity contribution is 5.94. The Morgan fingerprint density at radius 2 is 1.42 bits per heavy atom. The van der Waals surface area contributed by atoms with Gasteiger partial charge in [0.25, 0.3) is 0 Å². The molecule has 2 amide bonds. The molecule has 0 aromatic heterocycles. The van der Waals surface area contributed by atoms with Gasteiger partial charge in [0.05, 0.1) is 37.2 Å². The Morgan fingerprint density at radius 1 is 0.808 bits per heavy atom. The molecule has 278 valence electrons. The van der Waals surface area contributed by atoms with Crippen molar-refractivity contribution in [3.8, 4) is 11.5 Å². The quantitative estimate of drug-likeness (QED) is 0.155. The number of nitrogens with one attached hydrogen (secondary N) is 1. The van der Waals surface area contributed by atoms with Crippen LogP contribution in [0.1, 0.15) is 81.8 Å². The van der Waals surface area contributed by atoms with Gasteiger partial charge in [-0.2, -0.15) is 0 Å². The van der Waals surface area contributed by atoms with Gasteiger partial charge in [-0.05, 0) is 74.6 Å². The number of carbonyl (C=O) groups is 4. The van der Waals surface area contributed by atoms with E-state index in [1.807, 2.05) is 60.7 Å². The number of benzene rings is 3. The molecule has 1 unspecified atom stereocenters. The molecule has 5 rings (SSSR count). The SMILES string of the molecule is COc1ccc(N(C)C(=O)CCC(CC2(C(=O)N[C@H]3CC[C@@H](C(=O)OCc4ccccc4)CC3)CCCC2)C(=O)OCc2ccccc2)c(OC)c1. The van der Waals surface area contributed by atoms with E-state index in [1.165, 1.54) is 12.0 Å². The van der Waals surface area contributed by atoms with Crippen LogP contribution in [0.2, 0.25) is 0 Å². The fraction of sp³-hybridized carbons (Fsp3) is 0.476. The maximum atomic E-state index is 14.1. The van der Waals surface area contributed by atoms with Crippen LogP contribution in [0.5, 0.6) is 11.5 Å². The summed E-state index contributed by atoms with van der Waals surface area (Å²) in [4.78, 5) is 55.8. The van der Waals surface area contributed by atoms with Gasteiger partial charge in [0.2, 0.25) is 11.8 Å². The van der Waals surface area contributed by atoms with E-state index in [9.17, 15) is 19.2 Å². The van der Waals surface area contributed by atoms with Crippen LogP contribution in [0.3, 0.4) is 0 Å². The first-order valence-corrected chi connectivity index (χ1v) is 18.4. The van der Waals surface area contributed by atoms with Crippen molar-refractivity contribution >= 4 is 29.4 Å². The molecule has 2 aliphatic carbocycles. The molecule has 52 heavy (non-hydrogen) atoms. The first-order valence-electron chi connectivity index (χ1n) is 18.4. The predicted octanol–water partition coefficient (Wildman–Crippen LogP) is 7.18. The van der Waals surface area contributed by atoms with E-state index in [-0.39, 0.29) is 55.8 Å². The Balaban J connectivity index is 1.22. The fourth-order valence-corrected chi connectivity index (χ4v) is 7.52. The summed E-state index contributed by atoms with van der Waals surface area (Å²) in [6, 6.07) is 24.3. The summed E-state index contributed by atoms with van der Waals surface area (Å²) >= 11 is 0. The average molecular weight is 713 g/mol. The molecule has 2 aliphatic rings. The number of methoxy groups -OCH3 is 2. The highest BCUT2D eigenvalue weighted by Crippen LogP contribution is 2.45. The fourth-order valence-electron chi connectivity index (χ4n) is 7.52. The summed E-state index contributed by atoms with van der Waals surface area (Å²) in [7, 11) is 4.78. The zero-order valence-electron chi connectivity index (χ0n) is 30.6. The van der Waals surface area contributed by atoms with Gasteiger partial charge in [-0.1, -0.05) is 73.5 Å². The number of ether oxygens (including phenoxy) is 4. The minimum Gasteiger partial charge on any atom is -0.497 e. The van der Waals surface area contributed by atoms with E-state index in [0.29, 0.717) is 62.1 Å². The molecule has 0 spiro atoms. The summed E-state index contributed by atoms with van der Waals surface area (Å²) in [6.07, 6.45) is 6.39. The van der Waals surface area contributed by atoms with Gasteiger partial charge >= 0.3 is 11.9 Å². The maximum absolute atomic E-state index is 14.1. The van der Waals surface area contributed by atoms with Crippen molar-refractivity contribution in [2.75, 3.05) is 26.2 Å². The zero-order chi connectivity index (χ0) is 36.9. The topological polar surface area (TPSA) is 120 Å². The van der Waals surface area contributed by atoms with Crippen molar-refractivity contribution in [3.05, 3.63) is 90.0 Å². The molecule has 0 bridgehead atoms. The highest BCUT2D eigenvalue weighted by Gasteiger charge is 2.45. The normalized spacial score (nSPS) is 18.4. The second-order valence-corrected chi connectivity index (χ2v) is 14.1. The van der Waals surface area contributed by atoms with Crippen molar-refractivity contribution in [2.24, 2.45) is 17.3 Å². The minimum absolute atomic E-state index is 0.0487. The van der Waals surface area contributed by atoms with Gasteiger partial charge in [0.1, 0.15) is 24.7 Å². The molecule has 3 aromatic carbocycles. The molecule has 3 aromatic rings. The van der Waals surface area contributed by atoms with Crippen LogP contribution < -0.4 is 19.7 Å². The lowest BCUT2D eigenvalue weighted by atomic mass is 9.75. The Labute approximate surface area is 307 Å². The predicted molar refractivity (Wildman–Crippen MR) is 198 cm³/mol. The van der Waals surface area contributed by atoms with Crippen LogP contribution in [0, 0.1) is 17.3 Å². The second kappa shape index (κ2) is 18.6. The van der Waals surface area contributed by atoms with Crippen LogP contribution >= 0.6 is 0 Å². The van der Waals surface area contributed by atoms with Gasteiger partial charge in [-0.25, -0.2) is 0 Å². The Kier molecular flexibility index (Phi) is 13.7. The first kappa shape index (κ1) is 38.4. The number of hydrogen-bond donors (Lipinski definition) is 1. The third kappa shape index (κ3) is 10.1. The lowest BCUT2D eigenvalue weighted by molar-refractivity contribution is -0.152. The molecule has 0 aliphatic heterocycles. The second-order valence-electron chi connectivity index (χ2n) is 14.1. The van der Waals surface area contributed by atoms with Crippen LogP contribution in [0.15, 0.2) is 78.9 Å². The maximum Gasteiger partial charge on any atom is 0.309 e. The molecule has 0 radical (unpaired) electrons. The van der Waals surface area contributed by atoms with Crippen molar-refractivity contribution < 1.29 is 38.1 Å². The number of carbonyl (C=O) groups excluding carboxylic acids is 4. The highest BCUT2D eigenvalue weighted by atomic mass is 16.5. The van der Waals surface area contributed by atoms with Crippen LogP contribution in [-0.2, 0) is 41.9 Å². The van der Waals surface area contributed by atoms with Crippen LogP contribution in [0.25, 0.3) is 0 Å². The standard InChI is InChI=1S/C42H52N2O8/c1-44(36-22-21-35(49-2)26-37(36)50-3)38(45)23-18-33(40(47)52-29-31-14-8-5-9-15-31)27-42(24-10-11-25-42)41(48)43-34-19-16-32(17-20-34)39(46)51-28-30-12-6-4-7-13-30/h4-9,12-15,21-22,26,32-34H,10-11,16-20,23-25,27-29H2,1-3H3,(H,43,48)/t32-,33?,34+. The van der Waals surface area contributed by atoms with Gasteiger partial charge in [-0.3, -0.25) is 19.2 Å². The van der Waals surface area contributed by atoms with E-state index >= 15 is 0 Å². The number of amides is 2. The number of hydrogen-bond acceptors (Lipinski definition) is 8. The summed E-state index contributed by atoms with van der Waals surface area (Å²) < 4.78 is 22.2. The van der Waals surface area contributed by atoms with Gasteiger partial charge in [-0.15, -0.1) is 0 Å². The number of rotatable bonds is 16. The van der Waals surface area contributed by atoms with Gasteiger partial charge in [0, 0.05) is 25.6 Å². The summed E-state index contributed by atoms with van der Waals surface area (Å²) in [5.41, 5.74) is 1.66.